The Labute approximate surface area is 57.3 Å². The third-order valence-corrected chi connectivity index (χ3v) is 0.447. The zero-order valence-electron chi connectivity index (χ0n) is 4.53. The fourth-order valence-corrected chi connectivity index (χ4v) is 0.188. The zero-order valence-corrected chi connectivity index (χ0v) is 5.35. The smallest absolute Gasteiger partial charge is 0.383 e. The van der Waals surface area contributed by atoms with Gasteiger partial charge in [-0.05, 0) is 6.20 Å². The Bertz CT molecular complexity index is 80.4. The van der Waals surface area contributed by atoms with Crippen LogP contribution in [0.15, 0.2) is 12.8 Å². The summed E-state index contributed by atoms with van der Waals surface area (Å²) in [4.78, 5) is 0. The minimum absolute atomic E-state index is 0. The Morgan fingerprint density at radius 1 is 1.44 bits per heavy atom. The molecule has 0 radical (unpaired) electrons. The van der Waals surface area contributed by atoms with Crippen LogP contribution in [-0.4, -0.2) is 12.7 Å². The second-order valence-electron chi connectivity index (χ2n) is 1.20. The Morgan fingerprint density at radius 2 is 1.89 bits per heavy atom. The first-order valence-corrected chi connectivity index (χ1v) is 1.97. The summed E-state index contributed by atoms with van der Waals surface area (Å²) in [6, 6.07) is 0. The molecule has 0 heterocycles. The molecular formula is C4H7ClF3N. The van der Waals surface area contributed by atoms with Gasteiger partial charge in [0.25, 0.3) is 0 Å². The minimum atomic E-state index is -4.13. The van der Waals surface area contributed by atoms with Gasteiger partial charge in [0.15, 0.2) is 0 Å². The summed E-state index contributed by atoms with van der Waals surface area (Å²) in [5, 5.41) is 1.93. The van der Waals surface area contributed by atoms with Crippen molar-refractivity contribution in [3.8, 4) is 0 Å². The van der Waals surface area contributed by atoms with Crippen molar-refractivity contribution in [3.63, 3.8) is 0 Å². The summed E-state index contributed by atoms with van der Waals surface area (Å²) in [5.74, 6) is 0. The Hall–Kier alpha value is -0.380. The summed E-state index contributed by atoms with van der Waals surface area (Å²) in [6.45, 7) is 2.05. The first kappa shape index (κ1) is 11.4. The molecule has 0 aromatic carbocycles. The molecule has 0 amide bonds. The number of nitrogens with one attached hydrogen (secondary N) is 1. The van der Waals surface area contributed by atoms with Crippen LogP contribution in [0.3, 0.4) is 0 Å². The van der Waals surface area contributed by atoms with Gasteiger partial charge in [-0.3, -0.25) is 0 Å². The average Bonchev–Trinajstić information content (AvgIpc) is 1.59. The van der Waals surface area contributed by atoms with Crippen molar-refractivity contribution in [1.29, 1.82) is 0 Å². The van der Waals surface area contributed by atoms with Crippen LogP contribution in [0.5, 0.6) is 0 Å². The second-order valence-corrected chi connectivity index (χ2v) is 1.20. The van der Waals surface area contributed by atoms with Gasteiger partial charge < -0.3 is 5.32 Å². The highest BCUT2D eigenvalue weighted by molar-refractivity contribution is 5.85. The number of halogens is 4. The molecule has 0 aliphatic rings. The lowest BCUT2D eigenvalue weighted by molar-refractivity contribution is -0.122. The quantitative estimate of drug-likeness (QED) is 0.650. The van der Waals surface area contributed by atoms with Crippen LogP contribution in [0.2, 0.25) is 0 Å². The molecule has 0 atom stereocenters. The van der Waals surface area contributed by atoms with Gasteiger partial charge in [-0.2, -0.15) is 13.2 Å². The predicted octanol–water partition coefficient (Wildman–Crippen LogP) is 1.70. The maximum atomic E-state index is 11.1. The van der Waals surface area contributed by atoms with E-state index in [1.165, 1.54) is 0 Å². The monoisotopic (exact) mass is 161 g/mol. The van der Waals surface area contributed by atoms with Crippen molar-refractivity contribution < 1.29 is 13.2 Å². The molecule has 0 aromatic rings. The van der Waals surface area contributed by atoms with Crippen molar-refractivity contribution >= 4 is 12.4 Å². The summed E-state index contributed by atoms with van der Waals surface area (Å²) in [7, 11) is 0. The molecule has 0 aliphatic heterocycles. The molecule has 56 valence electrons. The molecule has 0 bridgehead atoms. The van der Waals surface area contributed by atoms with Crippen molar-refractivity contribution in [2.24, 2.45) is 0 Å². The number of alkyl halides is 3. The standard InChI is InChI=1S/C4H6F3N.ClH/c1-2-8-3-4(5,6)7;/h2,8H,1,3H2;1H. The van der Waals surface area contributed by atoms with Gasteiger partial charge in [-0.1, -0.05) is 6.58 Å². The normalized spacial score (nSPS) is 9.67. The van der Waals surface area contributed by atoms with E-state index in [0.717, 1.165) is 6.20 Å². The molecule has 0 unspecified atom stereocenters. The van der Waals surface area contributed by atoms with E-state index in [4.69, 9.17) is 0 Å². The van der Waals surface area contributed by atoms with Crippen molar-refractivity contribution in [2.45, 2.75) is 6.18 Å². The fourth-order valence-electron chi connectivity index (χ4n) is 0.188. The molecule has 0 saturated heterocycles. The fraction of sp³-hybridized carbons (Fsp3) is 0.500. The van der Waals surface area contributed by atoms with E-state index in [2.05, 4.69) is 6.58 Å². The zero-order chi connectivity index (χ0) is 6.62. The van der Waals surface area contributed by atoms with Gasteiger partial charge in [0.1, 0.15) is 6.54 Å². The van der Waals surface area contributed by atoms with Gasteiger partial charge in [0.05, 0.1) is 0 Å². The van der Waals surface area contributed by atoms with Crippen LogP contribution < -0.4 is 5.32 Å². The van der Waals surface area contributed by atoms with E-state index < -0.39 is 12.7 Å². The maximum absolute atomic E-state index is 11.1. The van der Waals surface area contributed by atoms with Crippen molar-refractivity contribution in [2.75, 3.05) is 6.54 Å². The lowest BCUT2D eigenvalue weighted by atomic mass is 10.6. The van der Waals surface area contributed by atoms with Crippen LogP contribution in [0, 0.1) is 0 Å². The molecule has 0 saturated carbocycles. The van der Waals surface area contributed by atoms with Crippen LogP contribution in [0.25, 0.3) is 0 Å². The van der Waals surface area contributed by atoms with E-state index in [1.54, 1.807) is 0 Å². The lowest BCUT2D eigenvalue weighted by Gasteiger charge is -2.03. The topological polar surface area (TPSA) is 12.0 Å². The van der Waals surface area contributed by atoms with Crippen LogP contribution in [0.4, 0.5) is 13.2 Å². The molecule has 0 aliphatic carbocycles. The molecule has 0 rings (SSSR count). The number of hydrogen-bond donors (Lipinski definition) is 1. The first-order valence-electron chi connectivity index (χ1n) is 1.97. The summed E-state index contributed by atoms with van der Waals surface area (Å²) >= 11 is 0. The predicted molar refractivity (Wildman–Crippen MR) is 31.5 cm³/mol. The minimum Gasteiger partial charge on any atom is -0.383 e. The Morgan fingerprint density at radius 3 is 2.00 bits per heavy atom. The van der Waals surface area contributed by atoms with Crippen LogP contribution >= 0.6 is 12.4 Å². The van der Waals surface area contributed by atoms with E-state index in [-0.39, 0.29) is 12.4 Å². The van der Waals surface area contributed by atoms with Crippen LogP contribution in [0.1, 0.15) is 0 Å². The molecule has 0 aromatic heterocycles. The van der Waals surface area contributed by atoms with Gasteiger partial charge in [-0.15, -0.1) is 12.4 Å². The first-order chi connectivity index (χ1) is 3.56. The molecule has 0 fully saturated rings. The van der Waals surface area contributed by atoms with Crippen LogP contribution in [-0.2, 0) is 0 Å². The molecular weight excluding hydrogens is 154 g/mol. The number of rotatable bonds is 2. The Balaban J connectivity index is 0. The third-order valence-electron chi connectivity index (χ3n) is 0.447. The summed E-state index contributed by atoms with van der Waals surface area (Å²) in [5.41, 5.74) is 0. The third kappa shape index (κ3) is 11.3. The Kier molecular flexibility index (Phi) is 5.70. The van der Waals surface area contributed by atoms with E-state index >= 15 is 0 Å². The average molecular weight is 162 g/mol. The van der Waals surface area contributed by atoms with Gasteiger partial charge in [0.2, 0.25) is 0 Å². The molecule has 9 heavy (non-hydrogen) atoms. The van der Waals surface area contributed by atoms with E-state index in [0.29, 0.717) is 0 Å². The number of hydrogen-bond acceptors (Lipinski definition) is 1. The molecule has 0 spiro atoms. The van der Waals surface area contributed by atoms with Crippen molar-refractivity contribution in [1.82, 2.24) is 5.32 Å². The van der Waals surface area contributed by atoms with Gasteiger partial charge in [0, 0.05) is 0 Å². The highest BCUT2D eigenvalue weighted by atomic mass is 35.5. The summed E-state index contributed by atoms with van der Waals surface area (Å²) < 4.78 is 33.4. The molecule has 5 heteroatoms. The maximum Gasteiger partial charge on any atom is 0.405 e. The van der Waals surface area contributed by atoms with E-state index in [1.807, 2.05) is 5.32 Å². The highest BCUT2D eigenvalue weighted by Gasteiger charge is 2.25. The second kappa shape index (κ2) is 4.49. The largest absolute Gasteiger partial charge is 0.405 e. The molecule has 1 N–H and O–H groups in total. The highest BCUT2D eigenvalue weighted by Crippen LogP contribution is 2.11. The van der Waals surface area contributed by atoms with Gasteiger partial charge >= 0.3 is 6.18 Å². The van der Waals surface area contributed by atoms with E-state index in [9.17, 15) is 13.2 Å². The SMILES string of the molecule is C=CNCC(F)(F)F.Cl. The summed E-state index contributed by atoms with van der Waals surface area (Å²) in [6.07, 6.45) is -3.12. The van der Waals surface area contributed by atoms with Gasteiger partial charge in [-0.25, -0.2) is 0 Å². The lowest BCUT2D eigenvalue weighted by Crippen LogP contribution is -2.24. The van der Waals surface area contributed by atoms with Crippen molar-refractivity contribution in [3.05, 3.63) is 12.8 Å². The molecule has 1 nitrogen and oxygen atoms in total.